The van der Waals surface area contributed by atoms with Crippen LogP contribution in [0.1, 0.15) is 31.5 Å². The molecule has 3 rings (SSSR count). The molecular formula is C22H25NO4. The molecule has 0 aliphatic carbocycles. The lowest BCUT2D eigenvalue weighted by atomic mass is 10.1. The molecule has 0 radical (unpaired) electrons. The fourth-order valence-electron chi connectivity index (χ4n) is 2.76. The standard InChI is InChI=1S/C22H25NO4/c1-15-20(23-19-10-5-4-9-18(19)21(15)24)14-27-17-8-6-7-16(13-17)26-12-11-22(2,3)25/h4-10,13,25H,11-12,14H2,1-3H3,(H,23,24). The normalized spacial score (nSPS) is 11.6. The van der Waals surface area contributed by atoms with E-state index >= 15 is 0 Å². The van der Waals surface area contributed by atoms with Crippen molar-refractivity contribution in [3.63, 3.8) is 0 Å². The third-order valence-electron chi connectivity index (χ3n) is 4.42. The van der Waals surface area contributed by atoms with E-state index in [0.29, 0.717) is 35.5 Å². The topological polar surface area (TPSA) is 71.5 Å². The highest BCUT2D eigenvalue weighted by Crippen LogP contribution is 2.22. The predicted molar refractivity (Wildman–Crippen MR) is 106 cm³/mol. The van der Waals surface area contributed by atoms with Crippen LogP contribution in [-0.4, -0.2) is 22.3 Å². The van der Waals surface area contributed by atoms with Gasteiger partial charge in [0.1, 0.15) is 18.1 Å². The molecule has 0 saturated heterocycles. The van der Waals surface area contributed by atoms with Crippen molar-refractivity contribution in [3.05, 3.63) is 70.0 Å². The maximum Gasteiger partial charge on any atom is 0.192 e. The summed E-state index contributed by atoms with van der Waals surface area (Å²) in [5.74, 6) is 1.34. The van der Waals surface area contributed by atoms with Gasteiger partial charge in [0.15, 0.2) is 5.43 Å². The van der Waals surface area contributed by atoms with Crippen LogP contribution < -0.4 is 14.9 Å². The minimum Gasteiger partial charge on any atom is -0.493 e. The van der Waals surface area contributed by atoms with Gasteiger partial charge >= 0.3 is 0 Å². The molecule has 0 atom stereocenters. The lowest BCUT2D eigenvalue weighted by Gasteiger charge is -2.17. The van der Waals surface area contributed by atoms with Crippen LogP contribution in [0, 0.1) is 6.92 Å². The number of aromatic amines is 1. The Morgan fingerprint density at radius 1 is 1.04 bits per heavy atom. The number of pyridine rings is 1. The van der Waals surface area contributed by atoms with E-state index in [0.717, 1.165) is 11.2 Å². The molecule has 0 spiro atoms. The van der Waals surface area contributed by atoms with Crippen LogP contribution in [0.4, 0.5) is 0 Å². The fourth-order valence-corrected chi connectivity index (χ4v) is 2.76. The number of rotatable bonds is 7. The zero-order valence-corrected chi connectivity index (χ0v) is 15.9. The summed E-state index contributed by atoms with van der Waals surface area (Å²) in [6.07, 6.45) is 0.537. The van der Waals surface area contributed by atoms with Gasteiger partial charge in [-0.1, -0.05) is 18.2 Å². The average Bonchev–Trinajstić information content (AvgIpc) is 2.63. The van der Waals surface area contributed by atoms with E-state index in [1.165, 1.54) is 0 Å². The highest BCUT2D eigenvalue weighted by atomic mass is 16.5. The van der Waals surface area contributed by atoms with Crippen LogP contribution in [-0.2, 0) is 6.61 Å². The maximum absolute atomic E-state index is 12.5. The molecule has 1 aromatic heterocycles. The molecule has 0 fully saturated rings. The summed E-state index contributed by atoms with van der Waals surface area (Å²) < 4.78 is 11.5. The Labute approximate surface area is 158 Å². The first-order chi connectivity index (χ1) is 12.8. The summed E-state index contributed by atoms with van der Waals surface area (Å²) in [4.78, 5) is 15.8. The first-order valence-corrected chi connectivity index (χ1v) is 9.02. The maximum atomic E-state index is 12.5. The Morgan fingerprint density at radius 3 is 2.48 bits per heavy atom. The van der Waals surface area contributed by atoms with Gasteiger partial charge in [-0.15, -0.1) is 0 Å². The lowest BCUT2D eigenvalue weighted by Crippen LogP contribution is -2.21. The van der Waals surface area contributed by atoms with Gasteiger partial charge in [0.05, 0.1) is 17.9 Å². The van der Waals surface area contributed by atoms with Crippen LogP contribution in [0.2, 0.25) is 0 Å². The number of nitrogens with one attached hydrogen (secondary N) is 1. The van der Waals surface area contributed by atoms with Gasteiger partial charge in [-0.3, -0.25) is 4.79 Å². The molecule has 0 aliphatic heterocycles. The second-order valence-electron chi connectivity index (χ2n) is 7.28. The van der Waals surface area contributed by atoms with Gasteiger partial charge in [0, 0.05) is 29.0 Å². The Morgan fingerprint density at radius 2 is 1.74 bits per heavy atom. The molecule has 0 saturated carbocycles. The largest absolute Gasteiger partial charge is 0.493 e. The fraction of sp³-hybridized carbons (Fsp3) is 0.318. The molecular weight excluding hydrogens is 342 g/mol. The van der Waals surface area contributed by atoms with E-state index in [4.69, 9.17) is 9.47 Å². The molecule has 0 bridgehead atoms. The van der Waals surface area contributed by atoms with E-state index in [2.05, 4.69) is 4.98 Å². The summed E-state index contributed by atoms with van der Waals surface area (Å²) in [5.41, 5.74) is 1.48. The highest BCUT2D eigenvalue weighted by molar-refractivity contribution is 5.79. The van der Waals surface area contributed by atoms with Crippen LogP contribution in [0.15, 0.2) is 53.3 Å². The smallest absolute Gasteiger partial charge is 0.192 e. The quantitative estimate of drug-likeness (QED) is 0.663. The zero-order valence-electron chi connectivity index (χ0n) is 15.9. The van der Waals surface area contributed by atoms with Gasteiger partial charge in [-0.2, -0.15) is 0 Å². The zero-order chi connectivity index (χ0) is 19.4. The Balaban J connectivity index is 1.70. The summed E-state index contributed by atoms with van der Waals surface area (Å²) in [7, 11) is 0. The van der Waals surface area contributed by atoms with Crippen LogP contribution in [0.3, 0.4) is 0 Å². The molecule has 2 N–H and O–H groups in total. The second-order valence-corrected chi connectivity index (χ2v) is 7.28. The van der Waals surface area contributed by atoms with Crippen molar-refractivity contribution in [1.82, 2.24) is 4.98 Å². The average molecular weight is 367 g/mol. The number of H-pyrrole nitrogens is 1. The van der Waals surface area contributed by atoms with Crippen molar-refractivity contribution < 1.29 is 14.6 Å². The second kappa shape index (κ2) is 7.84. The van der Waals surface area contributed by atoms with Gasteiger partial charge in [-0.05, 0) is 45.0 Å². The van der Waals surface area contributed by atoms with Crippen molar-refractivity contribution in [2.45, 2.75) is 39.4 Å². The minimum atomic E-state index is -0.756. The molecule has 5 heteroatoms. The van der Waals surface area contributed by atoms with E-state index < -0.39 is 5.60 Å². The number of fused-ring (bicyclic) bond motifs is 1. The molecule has 1 heterocycles. The third kappa shape index (κ3) is 4.89. The number of ether oxygens (including phenoxy) is 2. The number of aromatic nitrogens is 1. The highest BCUT2D eigenvalue weighted by Gasteiger charge is 2.12. The van der Waals surface area contributed by atoms with Crippen LogP contribution in [0.25, 0.3) is 10.9 Å². The number of aliphatic hydroxyl groups is 1. The summed E-state index contributed by atoms with van der Waals surface area (Å²) in [5, 5.41) is 10.4. The minimum absolute atomic E-state index is 0.0200. The molecule has 142 valence electrons. The van der Waals surface area contributed by atoms with Gasteiger partial charge in [0.25, 0.3) is 0 Å². The third-order valence-corrected chi connectivity index (χ3v) is 4.42. The summed E-state index contributed by atoms with van der Waals surface area (Å²) in [6, 6.07) is 14.8. The first-order valence-electron chi connectivity index (χ1n) is 9.02. The lowest BCUT2D eigenvalue weighted by molar-refractivity contribution is 0.0553. The van der Waals surface area contributed by atoms with Crippen LogP contribution >= 0.6 is 0 Å². The van der Waals surface area contributed by atoms with Crippen molar-refractivity contribution in [2.24, 2.45) is 0 Å². The van der Waals surface area contributed by atoms with E-state index in [1.54, 1.807) is 26.8 Å². The first kappa shape index (κ1) is 19.0. The number of hydrogen-bond donors (Lipinski definition) is 2. The van der Waals surface area contributed by atoms with Crippen molar-refractivity contribution >= 4 is 10.9 Å². The Bertz CT molecular complexity index is 986. The van der Waals surface area contributed by atoms with Crippen molar-refractivity contribution in [3.8, 4) is 11.5 Å². The Hall–Kier alpha value is -2.79. The number of para-hydroxylation sites is 1. The molecule has 0 aliphatic rings. The predicted octanol–water partition coefficient (Wildman–Crippen LogP) is 3.96. The SMILES string of the molecule is Cc1c(COc2cccc(OCCC(C)(C)O)c2)[nH]c2ccccc2c1=O. The molecule has 3 aromatic rings. The number of hydrogen-bond acceptors (Lipinski definition) is 4. The molecule has 0 unspecified atom stereocenters. The van der Waals surface area contributed by atoms with E-state index in [1.807, 2.05) is 42.5 Å². The van der Waals surface area contributed by atoms with Gasteiger partial charge in [0.2, 0.25) is 0 Å². The van der Waals surface area contributed by atoms with Crippen LogP contribution in [0.5, 0.6) is 11.5 Å². The summed E-state index contributed by atoms with van der Waals surface area (Å²) in [6.45, 7) is 5.99. The van der Waals surface area contributed by atoms with E-state index in [9.17, 15) is 9.90 Å². The number of benzene rings is 2. The summed E-state index contributed by atoms with van der Waals surface area (Å²) >= 11 is 0. The molecule has 5 nitrogen and oxygen atoms in total. The molecule has 27 heavy (non-hydrogen) atoms. The Kier molecular flexibility index (Phi) is 5.51. The van der Waals surface area contributed by atoms with Crippen molar-refractivity contribution in [1.29, 1.82) is 0 Å². The van der Waals surface area contributed by atoms with Gasteiger partial charge < -0.3 is 19.6 Å². The molecule has 2 aromatic carbocycles. The molecule has 0 amide bonds. The van der Waals surface area contributed by atoms with Crippen molar-refractivity contribution in [2.75, 3.05) is 6.61 Å². The monoisotopic (exact) mass is 367 g/mol. The van der Waals surface area contributed by atoms with Gasteiger partial charge in [-0.25, -0.2) is 0 Å². The van der Waals surface area contributed by atoms with E-state index in [-0.39, 0.29) is 12.0 Å².